The zero-order chi connectivity index (χ0) is 20.3. The summed E-state index contributed by atoms with van der Waals surface area (Å²) in [5.74, 6) is -0.373. The van der Waals surface area contributed by atoms with Crippen molar-refractivity contribution in [3.05, 3.63) is 47.8 Å². The average Bonchev–Trinajstić information content (AvgIpc) is 2.68. The molecule has 1 amide bonds. The first kappa shape index (κ1) is 20.1. The SMILES string of the molecule is CCN(CC)S(=O)(=O)c1cc(C(=O)Nc2ccc3c(c2)OCCO3)ccc1F. The molecule has 28 heavy (non-hydrogen) atoms. The number of anilines is 1. The highest BCUT2D eigenvalue weighted by Crippen LogP contribution is 2.32. The van der Waals surface area contributed by atoms with E-state index < -0.39 is 26.6 Å². The molecule has 150 valence electrons. The fraction of sp³-hybridized carbons (Fsp3) is 0.316. The largest absolute Gasteiger partial charge is 0.486 e. The Balaban J connectivity index is 1.87. The number of rotatable bonds is 6. The standard InChI is InChI=1S/C19H21FN2O5S/c1-3-22(4-2)28(24,25)18-11-13(5-7-15(18)20)19(23)21-14-6-8-16-17(12-14)27-10-9-26-16/h5-8,11-12H,3-4,9-10H2,1-2H3,(H,21,23). The first-order chi connectivity index (χ1) is 13.4. The normalized spacial score (nSPS) is 13.4. The lowest BCUT2D eigenvalue weighted by Crippen LogP contribution is -2.31. The molecule has 0 fully saturated rings. The minimum atomic E-state index is -4.03. The van der Waals surface area contributed by atoms with Crippen molar-refractivity contribution in [1.29, 1.82) is 0 Å². The summed E-state index contributed by atoms with van der Waals surface area (Å²) in [6.45, 7) is 4.60. The zero-order valence-corrected chi connectivity index (χ0v) is 16.4. The number of ether oxygens (including phenoxy) is 2. The highest BCUT2D eigenvalue weighted by Gasteiger charge is 2.26. The van der Waals surface area contributed by atoms with E-state index in [4.69, 9.17) is 9.47 Å². The van der Waals surface area contributed by atoms with Crippen molar-refractivity contribution < 1.29 is 27.1 Å². The number of amides is 1. The van der Waals surface area contributed by atoms with E-state index in [2.05, 4.69) is 5.32 Å². The molecule has 0 aromatic heterocycles. The molecule has 0 bridgehead atoms. The molecular weight excluding hydrogens is 387 g/mol. The van der Waals surface area contributed by atoms with Gasteiger partial charge in [0.2, 0.25) is 10.0 Å². The second-order valence-corrected chi connectivity index (χ2v) is 7.95. The van der Waals surface area contributed by atoms with E-state index in [-0.39, 0.29) is 18.7 Å². The Morgan fingerprint density at radius 3 is 2.43 bits per heavy atom. The zero-order valence-electron chi connectivity index (χ0n) is 15.6. The number of nitrogens with one attached hydrogen (secondary N) is 1. The third-order valence-electron chi connectivity index (χ3n) is 4.32. The van der Waals surface area contributed by atoms with Crippen LogP contribution in [0, 0.1) is 5.82 Å². The topological polar surface area (TPSA) is 84.9 Å². The molecule has 0 aliphatic carbocycles. The van der Waals surface area contributed by atoms with E-state index in [0.29, 0.717) is 30.4 Å². The number of hydrogen-bond donors (Lipinski definition) is 1. The number of nitrogens with zero attached hydrogens (tertiary/aromatic N) is 1. The lowest BCUT2D eigenvalue weighted by atomic mass is 10.2. The van der Waals surface area contributed by atoms with Gasteiger partial charge in [-0.25, -0.2) is 12.8 Å². The van der Waals surface area contributed by atoms with Crippen LogP contribution in [0.25, 0.3) is 0 Å². The molecular formula is C19H21FN2O5S. The van der Waals surface area contributed by atoms with Crippen LogP contribution < -0.4 is 14.8 Å². The second-order valence-electron chi connectivity index (χ2n) is 6.05. The van der Waals surface area contributed by atoms with Gasteiger partial charge in [0, 0.05) is 30.4 Å². The molecule has 7 nitrogen and oxygen atoms in total. The maximum Gasteiger partial charge on any atom is 0.255 e. The van der Waals surface area contributed by atoms with Crippen molar-refractivity contribution >= 4 is 21.6 Å². The quantitative estimate of drug-likeness (QED) is 0.795. The molecule has 0 saturated heterocycles. The first-order valence-electron chi connectivity index (χ1n) is 8.87. The summed E-state index contributed by atoms with van der Waals surface area (Å²) in [6, 6.07) is 8.20. The van der Waals surface area contributed by atoms with Crippen molar-refractivity contribution in [2.45, 2.75) is 18.7 Å². The van der Waals surface area contributed by atoms with Gasteiger partial charge in [-0.2, -0.15) is 4.31 Å². The summed E-state index contributed by atoms with van der Waals surface area (Å²) in [5, 5.41) is 2.66. The number of benzene rings is 2. The lowest BCUT2D eigenvalue weighted by Gasteiger charge is -2.20. The van der Waals surface area contributed by atoms with E-state index in [9.17, 15) is 17.6 Å². The molecule has 0 saturated carbocycles. The number of carbonyl (C=O) groups excluding carboxylic acids is 1. The fourth-order valence-electron chi connectivity index (χ4n) is 2.87. The van der Waals surface area contributed by atoms with Crippen LogP contribution in [0.4, 0.5) is 10.1 Å². The highest BCUT2D eigenvalue weighted by atomic mass is 32.2. The number of sulfonamides is 1. The smallest absolute Gasteiger partial charge is 0.255 e. The molecule has 1 N–H and O–H groups in total. The van der Waals surface area contributed by atoms with Crippen molar-refractivity contribution in [3.8, 4) is 11.5 Å². The molecule has 0 atom stereocenters. The van der Waals surface area contributed by atoms with Gasteiger partial charge in [-0.3, -0.25) is 4.79 Å². The summed E-state index contributed by atoms with van der Waals surface area (Å²) in [7, 11) is -4.03. The Labute approximate surface area is 163 Å². The molecule has 1 heterocycles. The number of hydrogen-bond acceptors (Lipinski definition) is 5. The van der Waals surface area contributed by atoms with Crippen molar-refractivity contribution in [3.63, 3.8) is 0 Å². The minimum Gasteiger partial charge on any atom is -0.486 e. The van der Waals surface area contributed by atoms with Gasteiger partial charge in [0.05, 0.1) is 0 Å². The van der Waals surface area contributed by atoms with Crippen LogP contribution in [0.5, 0.6) is 11.5 Å². The molecule has 1 aliphatic heterocycles. The Morgan fingerprint density at radius 2 is 1.75 bits per heavy atom. The third-order valence-corrected chi connectivity index (χ3v) is 6.38. The van der Waals surface area contributed by atoms with Crippen molar-refractivity contribution in [2.24, 2.45) is 0 Å². The van der Waals surface area contributed by atoms with Gasteiger partial charge in [0.1, 0.15) is 23.9 Å². The molecule has 1 aliphatic rings. The highest BCUT2D eigenvalue weighted by molar-refractivity contribution is 7.89. The summed E-state index contributed by atoms with van der Waals surface area (Å²) >= 11 is 0. The summed E-state index contributed by atoms with van der Waals surface area (Å²) in [4.78, 5) is 12.0. The van der Waals surface area contributed by atoms with Crippen LogP contribution >= 0.6 is 0 Å². The van der Waals surface area contributed by atoms with Gasteiger partial charge in [-0.15, -0.1) is 0 Å². The third kappa shape index (κ3) is 3.95. The van der Waals surface area contributed by atoms with Crippen LogP contribution in [0.3, 0.4) is 0 Å². The molecule has 2 aromatic rings. The van der Waals surface area contributed by atoms with Gasteiger partial charge in [-0.05, 0) is 30.3 Å². The van der Waals surface area contributed by atoms with Gasteiger partial charge in [0.15, 0.2) is 11.5 Å². The number of fused-ring (bicyclic) bond motifs is 1. The maximum absolute atomic E-state index is 14.2. The van der Waals surface area contributed by atoms with E-state index in [1.54, 1.807) is 32.0 Å². The predicted octanol–water partition coefficient (Wildman–Crippen LogP) is 2.88. The Bertz CT molecular complexity index is 990. The van der Waals surface area contributed by atoms with Crippen molar-refractivity contribution in [2.75, 3.05) is 31.6 Å². The van der Waals surface area contributed by atoms with Crippen LogP contribution in [-0.2, 0) is 10.0 Å². The molecule has 9 heteroatoms. The molecule has 2 aromatic carbocycles. The Kier molecular flexibility index (Phi) is 5.85. The summed E-state index contributed by atoms with van der Waals surface area (Å²) in [6.07, 6.45) is 0. The number of carbonyl (C=O) groups is 1. The van der Waals surface area contributed by atoms with Gasteiger partial charge in [0.25, 0.3) is 5.91 Å². The van der Waals surface area contributed by atoms with Crippen LogP contribution in [0.15, 0.2) is 41.3 Å². The van der Waals surface area contributed by atoms with Gasteiger partial charge < -0.3 is 14.8 Å². The Hall–Kier alpha value is -2.65. The first-order valence-corrected chi connectivity index (χ1v) is 10.3. The molecule has 0 spiro atoms. The van der Waals surface area contributed by atoms with Crippen molar-refractivity contribution in [1.82, 2.24) is 4.31 Å². The number of halogens is 1. The molecule has 0 radical (unpaired) electrons. The monoisotopic (exact) mass is 408 g/mol. The Morgan fingerprint density at radius 1 is 1.07 bits per heavy atom. The van der Waals surface area contributed by atoms with E-state index in [1.807, 2.05) is 0 Å². The maximum atomic E-state index is 14.2. The second kappa shape index (κ2) is 8.15. The average molecular weight is 408 g/mol. The minimum absolute atomic E-state index is 0.0296. The van der Waals surface area contributed by atoms with Gasteiger partial charge >= 0.3 is 0 Å². The fourth-order valence-corrected chi connectivity index (χ4v) is 4.42. The lowest BCUT2D eigenvalue weighted by molar-refractivity contribution is 0.102. The van der Waals surface area contributed by atoms with E-state index >= 15 is 0 Å². The van der Waals surface area contributed by atoms with Crippen LogP contribution in [0.1, 0.15) is 24.2 Å². The summed E-state index contributed by atoms with van der Waals surface area (Å²) in [5.41, 5.74) is 0.480. The van der Waals surface area contributed by atoms with E-state index in [1.165, 1.54) is 6.07 Å². The van der Waals surface area contributed by atoms with Gasteiger partial charge in [-0.1, -0.05) is 13.8 Å². The van der Waals surface area contributed by atoms with E-state index in [0.717, 1.165) is 16.4 Å². The predicted molar refractivity (Wildman–Crippen MR) is 102 cm³/mol. The molecule has 0 unspecified atom stereocenters. The summed E-state index contributed by atoms with van der Waals surface area (Å²) < 4.78 is 51.5. The van der Waals surface area contributed by atoms with Crippen LogP contribution in [-0.4, -0.2) is 44.9 Å². The molecule has 3 rings (SSSR count). The van der Waals surface area contributed by atoms with Crippen LogP contribution in [0.2, 0.25) is 0 Å².